The van der Waals surface area contributed by atoms with E-state index in [1.807, 2.05) is 0 Å². The lowest BCUT2D eigenvalue weighted by atomic mass is 9.92. The molecule has 3 rings (SSSR count). The average molecular weight is 232 g/mol. The summed E-state index contributed by atoms with van der Waals surface area (Å²) in [6.07, 6.45) is 2.51. The lowest BCUT2D eigenvalue weighted by molar-refractivity contribution is 0.254. The Morgan fingerprint density at radius 1 is 1.25 bits per heavy atom. The van der Waals surface area contributed by atoms with Crippen molar-refractivity contribution >= 4 is 21.6 Å². The topological polar surface area (TPSA) is 16.1 Å². The van der Waals surface area contributed by atoms with Gasteiger partial charge in [-0.05, 0) is 50.6 Å². The standard InChI is InChI=1S/C13H16N2S/c1-15-8-6-10(7-9-15)13-11-4-2-3-5-12(11)16-14-13/h2-5,10H,6-9H2,1H3. The SMILES string of the molecule is CN1CCC(c2nsc3ccccc23)CC1. The summed E-state index contributed by atoms with van der Waals surface area (Å²) in [5, 5.41) is 1.38. The van der Waals surface area contributed by atoms with Crippen LogP contribution in [0.15, 0.2) is 24.3 Å². The number of hydrogen-bond donors (Lipinski definition) is 0. The Morgan fingerprint density at radius 3 is 2.81 bits per heavy atom. The van der Waals surface area contributed by atoms with Crippen LogP contribution in [-0.4, -0.2) is 29.4 Å². The minimum atomic E-state index is 0.673. The Bertz CT molecular complexity index is 483. The molecule has 0 bridgehead atoms. The first-order chi connectivity index (χ1) is 7.84. The summed E-state index contributed by atoms with van der Waals surface area (Å²) >= 11 is 1.64. The van der Waals surface area contributed by atoms with Crippen molar-refractivity contribution in [1.29, 1.82) is 0 Å². The molecule has 2 nitrogen and oxygen atoms in total. The molecule has 1 saturated heterocycles. The molecular formula is C13H16N2S. The maximum Gasteiger partial charge on any atom is 0.0652 e. The molecule has 84 valence electrons. The van der Waals surface area contributed by atoms with Gasteiger partial charge in [0.05, 0.1) is 10.4 Å². The molecule has 0 unspecified atom stereocenters. The summed E-state index contributed by atoms with van der Waals surface area (Å²) in [5.41, 5.74) is 1.34. The van der Waals surface area contributed by atoms with Crippen molar-refractivity contribution in [3.05, 3.63) is 30.0 Å². The van der Waals surface area contributed by atoms with Gasteiger partial charge in [0, 0.05) is 11.3 Å². The molecule has 0 atom stereocenters. The van der Waals surface area contributed by atoms with Crippen molar-refractivity contribution in [1.82, 2.24) is 9.27 Å². The van der Waals surface area contributed by atoms with E-state index >= 15 is 0 Å². The van der Waals surface area contributed by atoms with Gasteiger partial charge in [0.1, 0.15) is 0 Å². The lowest BCUT2D eigenvalue weighted by Gasteiger charge is -2.28. The van der Waals surface area contributed by atoms with Crippen molar-refractivity contribution in [2.75, 3.05) is 20.1 Å². The normalized spacial score (nSPS) is 19.3. The van der Waals surface area contributed by atoms with Gasteiger partial charge in [0.15, 0.2) is 0 Å². The second-order valence-electron chi connectivity index (χ2n) is 4.64. The van der Waals surface area contributed by atoms with E-state index < -0.39 is 0 Å². The number of rotatable bonds is 1. The zero-order chi connectivity index (χ0) is 11.0. The first-order valence-electron chi connectivity index (χ1n) is 5.87. The molecule has 0 radical (unpaired) electrons. The van der Waals surface area contributed by atoms with E-state index in [1.54, 1.807) is 11.5 Å². The van der Waals surface area contributed by atoms with E-state index in [0.717, 1.165) is 0 Å². The van der Waals surface area contributed by atoms with Gasteiger partial charge >= 0.3 is 0 Å². The molecule has 1 aromatic heterocycles. The second-order valence-corrected chi connectivity index (χ2v) is 5.45. The largest absolute Gasteiger partial charge is 0.306 e. The molecule has 1 fully saturated rings. The van der Waals surface area contributed by atoms with Gasteiger partial charge in [-0.3, -0.25) is 0 Å². The van der Waals surface area contributed by atoms with Crippen molar-refractivity contribution in [2.24, 2.45) is 0 Å². The number of benzene rings is 1. The fourth-order valence-corrected chi connectivity index (χ4v) is 3.34. The van der Waals surface area contributed by atoms with Gasteiger partial charge in [0.2, 0.25) is 0 Å². The van der Waals surface area contributed by atoms with Crippen molar-refractivity contribution in [3.8, 4) is 0 Å². The van der Waals surface area contributed by atoms with E-state index in [0.29, 0.717) is 5.92 Å². The summed E-state index contributed by atoms with van der Waals surface area (Å²) in [5.74, 6) is 0.673. The minimum Gasteiger partial charge on any atom is -0.306 e. The fraction of sp³-hybridized carbons (Fsp3) is 0.462. The Hall–Kier alpha value is -0.930. The van der Waals surface area contributed by atoms with Crippen LogP contribution in [0.4, 0.5) is 0 Å². The van der Waals surface area contributed by atoms with Gasteiger partial charge < -0.3 is 4.90 Å². The molecule has 1 aromatic carbocycles. The third-order valence-electron chi connectivity index (χ3n) is 3.51. The third-order valence-corrected chi connectivity index (χ3v) is 4.35. The molecule has 2 aromatic rings. The van der Waals surface area contributed by atoms with Crippen LogP contribution in [0.2, 0.25) is 0 Å². The predicted molar refractivity (Wildman–Crippen MR) is 69.1 cm³/mol. The highest BCUT2D eigenvalue weighted by Crippen LogP contribution is 2.33. The van der Waals surface area contributed by atoms with Crippen LogP contribution >= 0.6 is 11.5 Å². The predicted octanol–water partition coefficient (Wildman–Crippen LogP) is 3.11. The molecule has 0 spiro atoms. The molecule has 16 heavy (non-hydrogen) atoms. The number of hydrogen-bond acceptors (Lipinski definition) is 3. The first kappa shape index (κ1) is 10.2. The molecule has 0 N–H and O–H groups in total. The summed E-state index contributed by atoms with van der Waals surface area (Å²) in [7, 11) is 2.20. The Balaban J connectivity index is 1.94. The summed E-state index contributed by atoms with van der Waals surface area (Å²) in [4.78, 5) is 2.41. The molecule has 2 heterocycles. The van der Waals surface area contributed by atoms with E-state index in [-0.39, 0.29) is 0 Å². The van der Waals surface area contributed by atoms with Crippen LogP contribution in [0.1, 0.15) is 24.5 Å². The Morgan fingerprint density at radius 2 is 2.00 bits per heavy atom. The molecule has 0 aliphatic carbocycles. The fourth-order valence-electron chi connectivity index (χ4n) is 2.48. The van der Waals surface area contributed by atoms with Crippen LogP contribution in [0, 0.1) is 0 Å². The monoisotopic (exact) mass is 232 g/mol. The maximum atomic E-state index is 4.67. The van der Waals surface area contributed by atoms with Gasteiger partial charge in [-0.25, -0.2) is 0 Å². The van der Waals surface area contributed by atoms with Crippen molar-refractivity contribution in [2.45, 2.75) is 18.8 Å². The van der Waals surface area contributed by atoms with Crippen molar-refractivity contribution in [3.63, 3.8) is 0 Å². The lowest BCUT2D eigenvalue weighted by Crippen LogP contribution is -2.29. The molecule has 0 amide bonds. The number of nitrogens with zero attached hydrogens (tertiary/aromatic N) is 2. The van der Waals surface area contributed by atoms with E-state index in [2.05, 4.69) is 40.6 Å². The number of likely N-dealkylation sites (tertiary alicyclic amines) is 1. The number of aromatic nitrogens is 1. The van der Waals surface area contributed by atoms with Crippen LogP contribution in [0.3, 0.4) is 0 Å². The summed E-state index contributed by atoms with van der Waals surface area (Å²) in [6.45, 7) is 2.41. The third kappa shape index (κ3) is 1.74. The summed E-state index contributed by atoms with van der Waals surface area (Å²) in [6, 6.07) is 8.60. The Labute approximate surface area is 100 Å². The van der Waals surface area contributed by atoms with Gasteiger partial charge in [-0.1, -0.05) is 18.2 Å². The van der Waals surface area contributed by atoms with Gasteiger partial charge in [-0.2, -0.15) is 4.37 Å². The van der Waals surface area contributed by atoms with E-state index in [4.69, 9.17) is 0 Å². The molecular weight excluding hydrogens is 216 g/mol. The molecule has 0 saturated carbocycles. The number of piperidine rings is 1. The minimum absolute atomic E-state index is 0.673. The maximum absolute atomic E-state index is 4.67. The van der Waals surface area contributed by atoms with Crippen LogP contribution in [0.25, 0.3) is 10.1 Å². The zero-order valence-electron chi connectivity index (χ0n) is 9.52. The van der Waals surface area contributed by atoms with Crippen molar-refractivity contribution < 1.29 is 0 Å². The highest BCUT2D eigenvalue weighted by Gasteiger charge is 2.22. The van der Waals surface area contributed by atoms with Gasteiger partial charge in [-0.15, -0.1) is 0 Å². The smallest absolute Gasteiger partial charge is 0.0652 e. The Kier molecular flexibility index (Phi) is 2.65. The van der Waals surface area contributed by atoms with E-state index in [9.17, 15) is 0 Å². The quantitative estimate of drug-likeness (QED) is 0.751. The number of fused-ring (bicyclic) bond motifs is 1. The first-order valence-corrected chi connectivity index (χ1v) is 6.65. The average Bonchev–Trinajstić information content (AvgIpc) is 2.74. The molecule has 1 aliphatic rings. The van der Waals surface area contributed by atoms with E-state index in [1.165, 1.54) is 41.7 Å². The zero-order valence-corrected chi connectivity index (χ0v) is 10.3. The second kappa shape index (κ2) is 4.15. The van der Waals surface area contributed by atoms with Gasteiger partial charge in [0.25, 0.3) is 0 Å². The highest BCUT2D eigenvalue weighted by molar-refractivity contribution is 7.13. The van der Waals surface area contributed by atoms with Crippen LogP contribution in [0.5, 0.6) is 0 Å². The van der Waals surface area contributed by atoms with Crippen LogP contribution < -0.4 is 0 Å². The molecule has 3 heteroatoms. The molecule has 1 aliphatic heterocycles. The highest BCUT2D eigenvalue weighted by atomic mass is 32.1. The summed E-state index contributed by atoms with van der Waals surface area (Å²) < 4.78 is 6.00. The van der Waals surface area contributed by atoms with Crippen LogP contribution in [-0.2, 0) is 0 Å².